The van der Waals surface area contributed by atoms with Gasteiger partial charge in [0, 0.05) is 25.7 Å². The van der Waals surface area contributed by atoms with Crippen LogP contribution in [0.2, 0.25) is 5.15 Å². The second kappa shape index (κ2) is 8.85. The summed E-state index contributed by atoms with van der Waals surface area (Å²) in [5.41, 5.74) is 2.40. The van der Waals surface area contributed by atoms with Crippen LogP contribution in [-0.4, -0.2) is 28.2 Å². The summed E-state index contributed by atoms with van der Waals surface area (Å²) < 4.78 is 0. The molecule has 0 bridgehead atoms. The fourth-order valence-electron chi connectivity index (χ4n) is 3.51. The standard InChI is InChI=1S/C20H26ClN5S/c1-13-4-6-16(7-5-13)10-22-20(27)25-19-23-17(21)9-18(24-19)26-11-14(2)8-15(3)12-26/h4-7,9,14-15H,8,10-12H2,1-3H3,(H2,22,23,24,25,27)/t14-,15-/m1/s1. The van der Waals surface area contributed by atoms with Crippen LogP contribution in [0.5, 0.6) is 0 Å². The number of nitrogens with zero attached hydrogens (tertiary/aromatic N) is 3. The first kappa shape index (κ1) is 19.8. The average Bonchev–Trinajstić information content (AvgIpc) is 2.60. The van der Waals surface area contributed by atoms with Gasteiger partial charge in [-0.15, -0.1) is 0 Å². The van der Waals surface area contributed by atoms with Gasteiger partial charge in [0.05, 0.1) is 0 Å². The predicted octanol–water partition coefficient (Wildman–Crippen LogP) is 4.41. The summed E-state index contributed by atoms with van der Waals surface area (Å²) in [4.78, 5) is 11.2. The molecule has 0 aliphatic carbocycles. The van der Waals surface area contributed by atoms with E-state index in [4.69, 9.17) is 23.8 Å². The molecule has 2 heterocycles. The number of nitrogens with one attached hydrogen (secondary N) is 2. The van der Waals surface area contributed by atoms with Crippen molar-refractivity contribution in [1.82, 2.24) is 15.3 Å². The zero-order valence-corrected chi connectivity index (χ0v) is 17.6. The number of hydrogen-bond acceptors (Lipinski definition) is 4. The van der Waals surface area contributed by atoms with E-state index in [0.29, 0.717) is 34.6 Å². The Kier molecular flexibility index (Phi) is 6.50. The van der Waals surface area contributed by atoms with Crippen LogP contribution in [0, 0.1) is 18.8 Å². The number of hydrogen-bond donors (Lipinski definition) is 2. The molecule has 1 fully saturated rings. The Morgan fingerprint density at radius 3 is 2.52 bits per heavy atom. The highest BCUT2D eigenvalue weighted by Crippen LogP contribution is 2.27. The number of aryl methyl sites for hydroxylation is 1. The minimum atomic E-state index is 0.412. The van der Waals surface area contributed by atoms with Crippen molar-refractivity contribution in [2.75, 3.05) is 23.3 Å². The number of halogens is 1. The molecule has 3 rings (SSSR count). The third-order valence-corrected chi connectivity index (χ3v) is 5.11. The first-order valence-electron chi connectivity index (χ1n) is 9.29. The van der Waals surface area contributed by atoms with E-state index in [2.05, 4.69) is 70.5 Å². The van der Waals surface area contributed by atoms with Crippen molar-refractivity contribution in [2.24, 2.45) is 11.8 Å². The van der Waals surface area contributed by atoms with Crippen molar-refractivity contribution in [3.8, 4) is 0 Å². The number of piperidine rings is 1. The molecule has 1 aliphatic rings. The summed E-state index contributed by atoms with van der Waals surface area (Å²) >= 11 is 11.6. The van der Waals surface area contributed by atoms with E-state index in [1.165, 1.54) is 12.0 Å². The van der Waals surface area contributed by atoms with Crippen LogP contribution < -0.4 is 15.5 Å². The Labute approximate surface area is 171 Å². The molecule has 2 atom stereocenters. The summed E-state index contributed by atoms with van der Waals surface area (Å²) in [5.74, 6) is 2.54. The lowest BCUT2D eigenvalue weighted by Crippen LogP contribution is -2.39. The third-order valence-electron chi connectivity index (χ3n) is 4.67. The van der Waals surface area contributed by atoms with Crippen molar-refractivity contribution in [3.05, 3.63) is 46.6 Å². The topological polar surface area (TPSA) is 53.1 Å². The summed E-state index contributed by atoms with van der Waals surface area (Å²) in [6.45, 7) is 9.21. The lowest BCUT2D eigenvalue weighted by molar-refractivity contribution is 0.355. The van der Waals surface area contributed by atoms with E-state index in [9.17, 15) is 0 Å². The Morgan fingerprint density at radius 1 is 1.19 bits per heavy atom. The maximum atomic E-state index is 6.23. The van der Waals surface area contributed by atoms with Crippen molar-refractivity contribution in [2.45, 2.75) is 33.7 Å². The zero-order chi connectivity index (χ0) is 19.4. The highest BCUT2D eigenvalue weighted by molar-refractivity contribution is 7.80. The first-order valence-corrected chi connectivity index (χ1v) is 10.1. The maximum absolute atomic E-state index is 6.23. The van der Waals surface area contributed by atoms with Gasteiger partial charge >= 0.3 is 0 Å². The highest BCUT2D eigenvalue weighted by atomic mass is 35.5. The van der Waals surface area contributed by atoms with E-state index < -0.39 is 0 Å². The Balaban J connectivity index is 1.63. The van der Waals surface area contributed by atoms with Gasteiger partial charge in [-0.1, -0.05) is 55.3 Å². The van der Waals surface area contributed by atoms with Crippen molar-refractivity contribution >= 4 is 40.7 Å². The molecule has 2 N–H and O–H groups in total. The zero-order valence-electron chi connectivity index (χ0n) is 16.0. The molecule has 0 amide bonds. The van der Waals surface area contributed by atoms with Crippen LogP contribution >= 0.6 is 23.8 Å². The van der Waals surface area contributed by atoms with E-state index >= 15 is 0 Å². The normalized spacial score (nSPS) is 19.6. The second-order valence-corrected chi connectivity index (χ2v) is 8.31. The average molecular weight is 404 g/mol. The molecule has 144 valence electrons. The first-order chi connectivity index (χ1) is 12.9. The fraction of sp³-hybridized carbons (Fsp3) is 0.450. The third kappa shape index (κ3) is 5.78. The quantitative estimate of drug-likeness (QED) is 0.582. The van der Waals surface area contributed by atoms with Crippen LogP contribution in [-0.2, 0) is 6.54 Å². The molecular weight excluding hydrogens is 378 g/mol. The molecule has 0 spiro atoms. The van der Waals surface area contributed by atoms with Gasteiger partial charge in [-0.2, -0.15) is 4.98 Å². The molecule has 1 aliphatic heterocycles. The van der Waals surface area contributed by atoms with Crippen LogP contribution in [0.1, 0.15) is 31.4 Å². The van der Waals surface area contributed by atoms with Crippen molar-refractivity contribution in [3.63, 3.8) is 0 Å². The number of aromatic nitrogens is 2. The van der Waals surface area contributed by atoms with Gasteiger partial charge in [-0.25, -0.2) is 4.98 Å². The summed E-state index contributed by atoms with van der Waals surface area (Å²) in [6.07, 6.45) is 1.24. The van der Waals surface area contributed by atoms with E-state index in [0.717, 1.165) is 24.5 Å². The van der Waals surface area contributed by atoms with E-state index in [-0.39, 0.29) is 0 Å². The van der Waals surface area contributed by atoms with Crippen LogP contribution in [0.3, 0.4) is 0 Å². The summed E-state index contributed by atoms with van der Waals surface area (Å²) in [5, 5.41) is 7.12. The van der Waals surface area contributed by atoms with E-state index in [1.54, 1.807) is 0 Å². The molecular formula is C20H26ClN5S. The van der Waals surface area contributed by atoms with Gasteiger partial charge in [0.2, 0.25) is 5.95 Å². The van der Waals surface area contributed by atoms with Gasteiger partial charge in [0.25, 0.3) is 0 Å². The van der Waals surface area contributed by atoms with Gasteiger partial charge in [0.1, 0.15) is 11.0 Å². The predicted molar refractivity (Wildman–Crippen MR) is 116 cm³/mol. The van der Waals surface area contributed by atoms with Crippen LogP contribution in [0.15, 0.2) is 30.3 Å². The Morgan fingerprint density at radius 2 is 1.85 bits per heavy atom. The molecule has 1 aromatic heterocycles. The number of rotatable bonds is 4. The molecule has 5 nitrogen and oxygen atoms in total. The molecule has 0 radical (unpaired) electrons. The monoisotopic (exact) mass is 403 g/mol. The molecule has 2 aromatic rings. The molecule has 27 heavy (non-hydrogen) atoms. The largest absolute Gasteiger partial charge is 0.358 e. The second-order valence-electron chi connectivity index (χ2n) is 7.52. The maximum Gasteiger partial charge on any atom is 0.232 e. The van der Waals surface area contributed by atoms with Crippen LogP contribution in [0.4, 0.5) is 11.8 Å². The fourth-order valence-corrected chi connectivity index (χ4v) is 3.85. The van der Waals surface area contributed by atoms with E-state index in [1.807, 2.05) is 6.07 Å². The Bertz CT molecular complexity index is 785. The molecule has 1 aromatic carbocycles. The minimum absolute atomic E-state index is 0.412. The molecule has 0 saturated carbocycles. The van der Waals surface area contributed by atoms with Gasteiger partial charge < -0.3 is 15.5 Å². The highest BCUT2D eigenvalue weighted by Gasteiger charge is 2.23. The lowest BCUT2D eigenvalue weighted by atomic mass is 9.92. The SMILES string of the molecule is Cc1ccc(CNC(=S)Nc2nc(Cl)cc(N3C[C@H](C)C[C@@H](C)C3)n2)cc1. The van der Waals surface area contributed by atoms with Gasteiger partial charge in [-0.05, 0) is 43.0 Å². The van der Waals surface area contributed by atoms with Crippen LogP contribution in [0.25, 0.3) is 0 Å². The van der Waals surface area contributed by atoms with Gasteiger partial charge in [0.15, 0.2) is 5.11 Å². The number of benzene rings is 1. The number of anilines is 2. The minimum Gasteiger partial charge on any atom is -0.358 e. The lowest BCUT2D eigenvalue weighted by Gasteiger charge is -2.35. The summed E-state index contributed by atoms with van der Waals surface area (Å²) in [7, 11) is 0. The van der Waals surface area contributed by atoms with Crippen molar-refractivity contribution < 1.29 is 0 Å². The smallest absolute Gasteiger partial charge is 0.232 e. The van der Waals surface area contributed by atoms with Gasteiger partial charge in [-0.3, -0.25) is 0 Å². The molecule has 0 unspecified atom stereocenters. The molecule has 1 saturated heterocycles. The number of thiocarbonyl (C=S) groups is 1. The van der Waals surface area contributed by atoms with Crippen molar-refractivity contribution in [1.29, 1.82) is 0 Å². The Hall–Kier alpha value is -1.92. The summed E-state index contributed by atoms with van der Waals surface area (Å²) in [6, 6.07) is 10.1. The molecule has 7 heteroatoms.